The first-order chi connectivity index (χ1) is 10.9. The predicted molar refractivity (Wildman–Crippen MR) is 94.9 cm³/mol. The Balaban J connectivity index is 2.13. The number of aromatic hydroxyl groups is 1. The van der Waals surface area contributed by atoms with Crippen molar-refractivity contribution >= 4 is 34.7 Å². The number of halogens is 1. The van der Waals surface area contributed by atoms with Crippen LogP contribution < -0.4 is 10.2 Å². The van der Waals surface area contributed by atoms with E-state index in [2.05, 4.69) is 10.3 Å². The molecule has 0 heterocycles. The molecule has 6 heteroatoms. The Morgan fingerprint density at radius 3 is 2.43 bits per heavy atom. The van der Waals surface area contributed by atoms with Crippen molar-refractivity contribution in [1.82, 2.24) is 0 Å². The van der Waals surface area contributed by atoms with E-state index in [4.69, 9.17) is 11.6 Å². The van der Waals surface area contributed by atoms with Gasteiger partial charge in [-0.25, -0.2) is 0 Å². The first-order valence-electron chi connectivity index (χ1n) is 6.99. The summed E-state index contributed by atoms with van der Waals surface area (Å²) in [6.07, 6.45) is 0. The number of nitrogens with one attached hydrogen (secondary N) is 1. The van der Waals surface area contributed by atoms with Gasteiger partial charge in [0, 0.05) is 30.5 Å². The van der Waals surface area contributed by atoms with Crippen LogP contribution in [0.1, 0.15) is 17.3 Å². The number of carbonyl (C=O) groups excluding carboxylic acids is 1. The standard InChI is InChI=1S/C17H18ClN3O2/c1-11(19-2)21(3)14-7-5-13(6-8-14)20-17(23)15-9-4-12(18)10-16(15)22/h4-10,22H,1-3H3,(H,20,23). The first kappa shape index (κ1) is 16.8. The molecule has 0 aliphatic carbocycles. The zero-order chi connectivity index (χ0) is 17.0. The minimum Gasteiger partial charge on any atom is -0.507 e. The third-order valence-electron chi connectivity index (χ3n) is 3.53. The third-order valence-corrected chi connectivity index (χ3v) is 3.76. The van der Waals surface area contributed by atoms with Crippen LogP contribution in [0.2, 0.25) is 5.02 Å². The maximum Gasteiger partial charge on any atom is 0.259 e. The first-order valence-corrected chi connectivity index (χ1v) is 7.37. The molecule has 0 saturated heterocycles. The number of anilines is 2. The zero-order valence-corrected chi connectivity index (χ0v) is 13.9. The molecule has 2 N–H and O–H groups in total. The Bertz CT molecular complexity index is 742. The van der Waals surface area contributed by atoms with E-state index in [0.717, 1.165) is 11.5 Å². The summed E-state index contributed by atoms with van der Waals surface area (Å²) in [6.45, 7) is 1.92. The lowest BCUT2D eigenvalue weighted by Crippen LogP contribution is -2.23. The van der Waals surface area contributed by atoms with Crippen molar-refractivity contribution in [1.29, 1.82) is 0 Å². The number of hydrogen-bond donors (Lipinski definition) is 2. The fraction of sp³-hybridized carbons (Fsp3) is 0.176. The fourth-order valence-corrected chi connectivity index (χ4v) is 2.17. The van der Waals surface area contributed by atoms with Crippen LogP contribution in [0.15, 0.2) is 47.5 Å². The van der Waals surface area contributed by atoms with Gasteiger partial charge in [-0.15, -0.1) is 0 Å². The molecule has 0 spiro atoms. The summed E-state index contributed by atoms with van der Waals surface area (Å²) in [4.78, 5) is 18.2. The molecule has 1 amide bonds. The van der Waals surface area contributed by atoms with Gasteiger partial charge in [0.05, 0.1) is 11.4 Å². The molecule has 0 bridgehead atoms. The van der Waals surface area contributed by atoms with Crippen molar-refractivity contribution < 1.29 is 9.90 Å². The van der Waals surface area contributed by atoms with Gasteiger partial charge in [-0.2, -0.15) is 0 Å². The maximum absolute atomic E-state index is 12.2. The van der Waals surface area contributed by atoms with Crippen LogP contribution in [0, 0.1) is 0 Å². The zero-order valence-electron chi connectivity index (χ0n) is 13.2. The average molecular weight is 332 g/mol. The Labute approximate surface area is 140 Å². The van der Waals surface area contributed by atoms with E-state index >= 15 is 0 Å². The minimum absolute atomic E-state index is 0.152. The van der Waals surface area contributed by atoms with Gasteiger partial charge in [-0.05, 0) is 49.4 Å². The fourth-order valence-electron chi connectivity index (χ4n) is 2.00. The van der Waals surface area contributed by atoms with Gasteiger partial charge in [-0.3, -0.25) is 9.79 Å². The van der Waals surface area contributed by atoms with Gasteiger partial charge in [0.2, 0.25) is 0 Å². The molecule has 2 aromatic carbocycles. The SMILES string of the molecule is CN=C(C)N(C)c1ccc(NC(=O)c2ccc(Cl)cc2O)cc1. The Kier molecular flexibility index (Phi) is 5.24. The van der Waals surface area contributed by atoms with E-state index in [1.54, 1.807) is 25.2 Å². The number of phenols is 1. The lowest BCUT2D eigenvalue weighted by atomic mass is 10.2. The van der Waals surface area contributed by atoms with E-state index in [0.29, 0.717) is 10.7 Å². The van der Waals surface area contributed by atoms with Crippen LogP contribution in [-0.2, 0) is 0 Å². The highest BCUT2D eigenvalue weighted by atomic mass is 35.5. The molecule has 0 unspecified atom stereocenters. The van der Waals surface area contributed by atoms with Crippen LogP contribution in [0.5, 0.6) is 5.75 Å². The summed E-state index contributed by atoms with van der Waals surface area (Å²) in [6, 6.07) is 11.7. The smallest absolute Gasteiger partial charge is 0.259 e. The number of aliphatic imine (C=N–C) groups is 1. The minimum atomic E-state index is -0.397. The summed E-state index contributed by atoms with van der Waals surface area (Å²) < 4.78 is 0. The highest BCUT2D eigenvalue weighted by Gasteiger charge is 2.12. The molecule has 0 aromatic heterocycles. The van der Waals surface area contributed by atoms with Crippen LogP contribution in [0.3, 0.4) is 0 Å². The van der Waals surface area contributed by atoms with Crippen molar-refractivity contribution in [3.05, 3.63) is 53.1 Å². The number of benzene rings is 2. The number of carbonyl (C=O) groups is 1. The van der Waals surface area contributed by atoms with E-state index in [1.807, 2.05) is 31.0 Å². The quantitative estimate of drug-likeness (QED) is 0.664. The second kappa shape index (κ2) is 7.15. The molecule has 0 saturated carbocycles. The number of amidine groups is 1. The molecule has 0 fully saturated rings. The van der Waals surface area contributed by atoms with Gasteiger partial charge in [0.15, 0.2) is 0 Å². The molecule has 23 heavy (non-hydrogen) atoms. The topological polar surface area (TPSA) is 64.9 Å². The highest BCUT2D eigenvalue weighted by molar-refractivity contribution is 6.31. The summed E-state index contributed by atoms with van der Waals surface area (Å²) in [5.74, 6) is 0.334. The largest absolute Gasteiger partial charge is 0.507 e. The number of hydrogen-bond acceptors (Lipinski definition) is 3. The van der Waals surface area contributed by atoms with Crippen molar-refractivity contribution in [2.24, 2.45) is 4.99 Å². The summed E-state index contributed by atoms with van der Waals surface area (Å²) >= 11 is 5.76. The molecule has 0 radical (unpaired) electrons. The predicted octanol–water partition coefficient (Wildman–Crippen LogP) is 3.78. The summed E-state index contributed by atoms with van der Waals surface area (Å²) in [5.41, 5.74) is 1.76. The summed E-state index contributed by atoms with van der Waals surface area (Å²) in [7, 11) is 3.65. The second-order valence-electron chi connectivity index (χ2n) is 4.99. The van der Waals surface area contributed by atoms with Crippen molar-refractivity contribution in [2.75, 3.05) is 24.3 Å². The number of phenolic OH excluding ortho intramolecular Hbond substituents is 1. The molecule has 0 aliphatic rings. The van der Waals surface area contributed by atoms with Gasteiger partial charge >= 0.3 is 0 Å². The lowest BCUT2D eigenvalue weighted by molar-refractivity contribution is 0.102. The van der Waals surface area contributed by atoms with Gasteiger partial charge in [0.25, 0.3) is 5.91 Å². The van der Waals surface area contributed by atoms with Gasteiger partial charge in [-0.1, -0.05) is 11.6 Å². The van der Waals surface area contributed by atoms with Gasteiger partial charge < -0.3 is 15.3 Å². The van der Waals surface area contributed by atoms with E-state index in [-0.39, 0.29) is 11.3 Å². The maximum atomic E-state index is 12.2. The van der Waals surface area contributed by atoms with Gasteiger partial charge in [0.1, 0.15) is 5.75 Å². The van der Waals surface area contributed by atoms with Crippen molar-refractivity contribution in [2.45, 2.75) is 6.92 Å². The second-order valence-corrected chi connectivity index (χ2v) is 5.43. The Morgan fingerprint density at radius 1 is 1.22 bits per heavy atom. The van der Waals surface area contributed by atoms with Crippen LogP contribution in [-0.4, -0.2) is 30.9 Å². The number of nitrogens with zero attached hydrogens (tertiary/aromatic N) is 2. The Hall–Kier alpha value is -2.53. The Morgan fingerprint density at radius 2 is 1.87 bits per heavy atom. The van der Waals surface area contributed by atoms with Crippen LogP contribution in [0.25, 0.3) is 0 Å². The third kappa shape index (κ3) is 4.02. The van der Waals surface area contributed by atoms with E-state index in [9.17, 15) is 9.90 Å². The highest BCUT2D eigenvalue weighted by Crippen LogP contribution is 2.23. The summed E-state index contributed by atoms with van der Waals surface area (Å²) in [5, 5.41) is 12.9. The van der Waals surface area contributed by atoms with Crippen LogP contribution in [0.4, 0.5) is 11.4 Å². The molecular formula is C17H18ClN3O2. The van der Waals surface area contributed by atoms with Crippen molar-refractivity contribution in [3.63, 3.8) is 0 Å². The van der Waals surface area contributed by atoms with Crippen molar-refractivity contribution in [3.8, 4) is 5.75 Å². The number of rotatable bonds is 3. The molecule has 0 aliphatic heterocycles. The molecule has 2 rings (SSSR count). The van der Waals surface area contributed by atoms with E-state index in [1.165, 1.54) is 12.1 Å². The number of amides is 1. The molecule has 120 valence electrons. The van der Waals surface area contributed by atoms with Crippen LogP contribution >= 0.6 is 11.6 Å². The monoisotopic (exact) mass is 331 g/mol. The molecular weight excluding hydrogens is 314 g/mol. The molecule has 2 aromatic rings. The average Bonchev–Trinajstić information content (AvgIpc) is 2.54. The van der Waals surface area contributed by atoms with E-state index < -0.39 is 5.91 Å². The normalized spacial score (nSPS) is 11.2. The molecule has 0 atom stereocenters. The molecule has 5 nitrogen and oxygen atoms in total. The lowest BCUT2D eigenvalue weighted by Gasteiger charge is -2.18.